The Labute approximate surface area is 113 Å². The second-order valence-corrected chi connectivity index (χ2v) is 4.12. The van der Waals surface area contributed by atoms with Crippen LogP contribution in [-0.4, -0.2) is 24.5 Å². The molecule has 5 nitrogen and oxygen atoms in total. The molecule has 0 heterocycles. The van der Waals surface area contributed by atoms with E-state index in [0.717, 1.165) is 17.6 Å². The third kappa shape index (κ3) is 5.62. The maximum absolute atomic E-state index is 9.04. The van der Waals surface area contributed by atoms with Crippen molar-refractivity contribution in [3.8, 4) is 6.19 Å². The summed E-state index contributed by atoms with van der Waals surface area (Å²) in [6.45, 7) is 3.52. The molecule has 1 aromatic carbocycles. The van der Waals surface area contributed by atoms with Crippen LogP contribution in [0.1, 0.15) is 18.9 Å². The molecule has 0 N–H and O–H groups in total. The lowest BCUT2D eigenvalue weighted by molar-refractivity contribution is 0.421. The fourth-order valence-electron chi connectivity index (χ4n) is 1.73. The molecule has 1 rings (SSSR count). The van der Waals surface area contributed by atoms with Gasteiger partial charge in [0.15, 0.2) is 6.19 Å². The first-order chi connectivity index (χ1) is 9.30. The Morgan fingerprint density at radius 2 is 2.21 bits per heavy atom. The Bertz CT molecular complexity index is 494. The first-order valence-corrected chi connectivity index (χ1v) is 6.20. The molecule has 0 amide bonds. The van der Waals surface area contributed by atoms with Gasteiger partial charge in [-0.15, -0.1) is 0 Å². The van der Waals surface area contributed by atoms with Crippen molar-refractivity contribution in [3.63, 3.8) is 0 Å². The highest BCUT2D eigenvalue weighted by atomic mass is 15.1. The van der Waals surface area contributed by atoms with Gasteiger partial charge in [-0.05, 0) is 23.1 Å². The minimum atomic E-state index is 0.285. The van der Waals surface area contributed by atoms with Gasteiger partial charge >= 0.3 is 0 Å². The Morgan fingerprint density at radius 3 is 2.79 bits per heavy atom. The molecule has 0 aliphatic heterocycles. The van der Waals surface area contributed by atoms with E-state index in [1.807, 2.05) is 43.3 Å². The lowest BCUT2D eigenvalue weighted by Gasteiger charge is -2.16. The number of nitriles is 1. The first-order valence-electron chi connectivity index (χ1n) is 6.20. The van der Waals surface area contributed by atoms with Crippen molar-refractivity contribution in [2.24, 2.45) is 5.11 Å². The first kappa shape index (κ1) is 14.6. The summed E-state index contributed by atoms with van der Waals surface area (Å²) >= 11 is 0. The molecule has 0 unspecified atom stereocenters. The van der Waals surface area contributed by atoms with E-state index in [0.29, 0.717) is 13.1 Å². The third-order valence-electron chi connectivity index (χ3n) is 2.54. The molecule has 0 saturated heterocycles. The molecule has 0 bridgehead atoms. The summed E-state index contributed by atoms with van der Waals surface area (Å²) in [7, 11) is 0. The molecule has 0 saturated carbocycles. The van der Waals surface area contributed by atoms with Crippen molar-refractivity contribution in [2.75, 3.05) is 19.6 Å². The van der Waals surface area contributed by atoms with Crippen LogP contribution in [0.4, 0.5) is 0 Å². The second-order valence-electron chi connectivity index (χ2n) is 4.12. The quantitative estimate of drug-likeness (QED) is 0.245. The van der Waals surface area contributed by atoms with E-state index in [1.165, 1.54) is 0 Å². The number of azide groups is 1. The Balaban J connectivity index is 2.85. The zero-order chi connectivity index (χ0) is 13.9. The Hall–Kier alpha value is -2.44. The second kappa shape index (κ2) is 8.62. The van der Waals surface area contributed by atoms with Crippen molar-refractivity contribution in [1.29, 1.82) is 5.26 Å². The number of hydrogen-bond acceptors (Lipinski definition) is 3. The monoisotopic (exact) mass is 255 g/mol. The summed E-state index contributed by atoms with van der Waals surface area (Å²) in [4.78, 5) is 4.45. The molecule has 0 fully saturated rings. The third-order valence-corrected chi connectivity index (χ3v) is 2.54. The summed E-state index contributed by atoms with van der Waals surface area (Å²) in [6.07, 6.45) is 5.03. The number of nitrogens with zero attached hydrogens (tertiary/aromatic N) is 5. The van der Waals surface area contributed by atoms with Crippen LogP contribution >= 0.6 is 0 Å². The normalized spacial score (nSPS) is 10.4. The zero-order valence-corrected chi connectivity index (χ0v) is 11.0. The van der Waals surface area contributed by atoms with Crippen LogP contribution in [0.15, 0.2) is 41.0 Å². The zero-order valence-electron chi connectivity index (χ0n) is 11.0. The highest BCUT2D eigenvalue weighted by Gasteiger charge is 2.04. The van der Waals surface area contributed by atoms with Crippen LogP contribution in [0.5, 0.6) is 0 Å². The van der Waals surface area contributed by atoms with Gasteiger partial charge in [-0.3, -0.25) is 0 Å². The van der Waals surface area contributed by atoms with Crippen LogP contribution in [0.3, 0.4) is 0 Å². The lowest BCUT2D eigenvalue weighted by atomic mass is 10.1. The average Bonchev–Trinajstić information content (AvgIpc) is 2.45. The topological polar surface area (TPSA) is 75.8 Å². The van der Waals surface area contributed by atoms with Crippen LogP contribution in [-0.2, 0) is 0 Å². The summed E-state index contributed by atoms with van der Waals surface area (Å²) < 4.78 is 0. The van der Waals surface area contributed by atoms with E-state index in [4.69, 9.17) is 10.8 Å². The van der Waals surface area contributed by atoms with Gasteiger partial charge in [0.2, 0.25) is 0 Å². The summed E-state index contributed by atoms with van der Waals surface area (Å²) in [5.74, 6) is 0. The molecule has 98 valence electrons. The number of hydrogen-bond donors (Lipinski definition) is 0. The SMILES string of the molecule is CCCN(C#N)C/C(=C/c1ccccc1)CN=[N+]=[N-]. The van der Waals surface area contributed by atoms with E-state index in [2.05, 4.69) is 16.2 Å². The predicted octanol–water partition coefficient (Wildman–Crippen LogP) is 3.57. The molecule has 0 aliphatic rings. The van der Waals surface area contributed by atoms with E-state index < -0.39 is 0 Å². The van der Waals surface area contributed by atoms with Gasteiger partial charge in [-0.1, -0.05) is 48.4 Å². The molecule has 0 spiro atoms. The van der Waals surface area contributed by atoms with Gasteiger partial charge in [0.25, 0.3) is 0 Å². The van der Waals surface area contributed by atoms with Gasteiger partial charge in [0.05, 0.1) is 0 Å². The molecular weight excluding hydrogens is 238 g/mol. The van der Waals surface area contributed by atoms with Gasteiger partial charge < -0.3 is 4.90 Å². The molecule has 19 heavy (non-hydrogen) atoms. The van der Waals surface area contributed by atoms with E-state index in [-0.39, 0.29) is 6.54 Å². The van der Waals surface area contributed by atoms with Crippen molar-refractivity contribution in [1.82, 2.24) is 4.90 Å². The molecule has 0 radical (unpaired) electrons. The van der Waals surface area contributed by atoms with E-state index in [1.54, 1.807) is 4.90 Å². The summed E-state index contributed by atoms with van der Waals surface area (Å²) in [5.41, 5.74) is 10.4. The average molecular weight is 255 g/mol. The lowest BCUT2D eigenvalue weighted by Crippen LogP contribution is -2.22. The van der Waals surface area contributed by atoms with Crippen molar-refractivity contribution >= 4 is 6.08 Å². The van der Waals surface area contributed by atoms with Crippen molar-refractivity contribution < 1.29 is 0 Å². The minimum Gasteiger partial charge on any atom is -0.307 e. The highest BCUT2D eigenvalue weighted by Crippen LogP contribution is 2.09. The van der Waals surface area contributed by atoms with Gasteiger partial charge in [0, 0.05) is 24.5 Å². The molecule has 0 aromatic heterocycles. The Morgan fingerprint density at radius 1 is 1.47 bits per heavy atom. The summed E-state index contributed by atoms with van der Waals surface area (Å²) in [5, 5.41) is 12.6. The van der Waals surface area contributed by atoms with Crippen molar-refractivity contribution in [3.05, 3.63) is 51.9 Å². The van der Waals surface area contributed by atoms with E-state index >= 15 is 0 Å². The summed E-state index contributed by atoms with van der Waals surface area (Å²) in [6, 6.07) is 9.80. The largest absolute Gasteiger partial charge is 0.307 e. The number of rotatable bonds is 7. The minimum absolute atomic E-state index is 0.285. The number of benzene rings is 1. The molecule has 5 heteroatoms. The van der Waals surface area contributed by atoms with Gasteiger partial charge in [0.1, 0.15) is 0 Å². The predicted molar refractivity (Wildman–Crippen MR) is 75.9 cm³/mol. The van der Waals surface area contributed by atoms with Crippen LogP contribution < -0.4 is 0 Å². The van der Waals surface area contributed by atoms with Crippen LogP contribution in [0, 0.1) is 11.5 Å². The molecular formula is C14H17N5. The molecule has 0 atom stereocenters. The van der Waals surface area contributed by atoms with Gasteiger partial charge in [-0.25, -0.2) is 0 Å². The Kier molecular flexibility index (Phi) is 6.63. The molecule has 1 aromatic rings. The highest BCUT2D eigenvalue weighted by molar-refractivity contribution is 5.53. The van der Waals surface area contributed by atoms with Crippen LogP contribution in [0.2, 0.25) is 0 Å². The fraction of sp³-hybridized carbons (Fsp3) is 0.357. The molecule has 0 aliphatic carbocycles. The maximum atomic E-state index is 9.04. The van der Waals surface area contributed by atoms with Gasteiger partial charge in [-0.2, -0.15) is 5.26 Å². The van der Waals surface area contributed by atoms with Crippen LogP contribution in [0.25, 0.3) is 16.5 Å². The standard InChI is InChI=1S/C14H17N5/c1-2-8-19(12-15)11-14(10-17-18-16)9-13-6-4-3-5-7-13/h3-7,9H,2,8,10-11H2,1H3/b14-9+. The maximum Gasteiger partial charge on any atom is 0.179 e. The fourth-order valence-corrected chi connectivity index (χ4v) is 1.73. The van der Waals surface area contributed by atoms with Crippen molar-refractivity contribution in [2.45, 2.75) is 13.3 Å². The van der Waals surface area contributed by atoms with E-state index in [9.17, 15) is 0 Å². The smallest absolute Gasteiger partial charge is 0.179 e.